The van der Waals surface area contributed by atoms with Gasteiger partial charge < -0.3 is 0 Å². The standard InChI is InChI=1S/C15H21NO2S/c1-12(13-7-8-13)11-16(14-5-3-2-4-6-14)19(17,18)15-9-10-15/h2-6,12-13,15H,7-11H2,1H3/t12-/m1/s1. The van der Waals surface area contributed by atoms with Crippen molar-refractivity contribution in [1.29, 1.82) is 0 Å². The summed E-state index contributed by atoms with van der Waals surface area (Å²) in [4.78, 5) is 0. The van der Waals surface area contributed by atoms with Gasteiger partial charge in [0.05, 0.1) is 10.9 Å². The fraction of sp³-hybridized carbons (Fsp3) is 0.600. The summed E-state index contributed by atoms with van der Waals surface area (Å²) in [5.74, 6) is 1.18. The topological polar surface area (TPSA) is 37.4 Å². The molecule has 0 radical (unpaired) electrons. The van der Waals surface area contributed by atoms with Crippen LogP contribution in [0.15, 0.2) is 30.3 Å². The van der Waals surface area contributed by atoms with Gasteiger partial charge in [0.1, 0.15) is 0 Å². The molecule has 0 aromatic heterocycles. The van der Waals surface area contributed by atoms with Gasteiger partial charge in [-0.15, -0.1) is 0 Å². The van der Waals surface area contributed by atoms with Gasteiger partial charge in [-0.25, -0.2) is 8.42 Å². The fourth-order valence-corrected chi connectivity index (χ4v) is 4.52. The van der Waals surface area contributed by atoms with Gasteiger partial charge in [0, 0.05) is 6.54 Å². The van der Waals surface area contributed by atoms with E-state index in [1.54, 1.807) is 4.31 Å². The second-order valence-corrected chi connectivity index (χ2v) is 8.06. The lowest BCUT2D eigenvalue weighted by atomic mass is 10.1. The Hall–Kier alpha value is -1.03. The number of anilines is 1. The van der Waals surface area contributed by atoms with Crippen LogP contribution in [-0.4, -0.2) is 20.2 Å². The molecule has 0 saturated heterocycles. The minimum Gasteiger partial charge on any atom is -0.270 e. The molecule has 0 bridgehead atoms. The highest BCUT2D eigenvalue weighted by Crippen LogP contribution is 2.39. The summed E-state index contributed by atoms with van der Waals surface area (Å²) in [5, 5.41) is -0.140. The number of rotatable bonds is 6. The van der Waals surface area contributed by atoms with E-state index in [-0.39, 0.29) is 5.25 Å². The SMILES string of the molecule is C[C@H](CN(c1ccccc1)S(=O)(=O)C1CC1)C1CC1. The summed E-state index contributed by atoms with van der Waals surface area (Å²) in [6.45, 7) is 2.81. The van der Waals surface area contributed by atoms with Crippen LogP contribution in [0.1, 0.15) is 32.6 Å². The minimum atomic E-state index is -3.15. The summed E-state index contributed by atoms with van der Waals surface area (Å²) >= 11 is 0. The average Bonchev–Trinajstić information content (AvgIpc) is 3.29. The number of nitrogens with zero attached hydrogens (tertiary/aromatic N) is 1. The van der Waals surface area contributed by atoms with Crippen molar-refractivity contribution in [3.63, 3.8) is 0 Å². The molecule has 4 heteroatoms. The molecule has 1 aromatic carbocycles. The van der Waals surface area contributed by atoms with E-state index in [1.807, 2.05) is 30.3 Å². The Morgan fingerprint density at radius 3 is 2.32 bits per heavy atom. The van der Waals surface area contributed by atoms with Crippen LogP contribution in [0.3, 0.4) is 0 Å². The van der Waals surface area contributed by atoms with E-state index >= 15 is 0 Å². The number of hydrogen-bond donors (Lipinski definition) is 0. The van der Waals surface area contributed by atoms with E-state index in [2.05, 4.69) is 6.92 Å². The molecule has 0 heterocycles. The zero-order valence-corrected chi connectivity index (χ0v) is 12.1. The monoisotopic (exact) mass is 279 g/mol. The van der Waals surface area contributed by atoms with Crippen LogP contribution in [0, 0.1) is 11.8 Å². The van der Waals surface area contributed by atoms with Gasteiger partial charge in [-0.3, -0.25) is 4.31 Å². The zero-order valence-electron chi connectivity index (χ0n) is 11.3. The lowest BCUT2D eigenvalue weighted by molar-refractivity contribution is 0.512. The van der Waals surface area contributed by atoms with Crippen molar-refractivity contribution in [2.24, 2.45) is 11.8 Å². The molecule has 0 spiro atoms. The van der Waals surface area contributed by atoms with E-state index in [9.17, 15) is 8.42 Å². The van der Waals surface area contributed by atoms with Gasteiger partial charge in [0.25, 0.3) is 0 Å². The van der Waals surface area contributed by atoms with E-state index in [4.69, 9.17) is 0 Å². The molecule has 0 unspecified atom stereocenters. The second-order valence-electron chi connectivity index (χ2n) is 5.93. The molecule has 1 aromatic rings. The fourth-order valence-electron chi connectivity index (χ4n) is 2.57. The van der Waals surface area contributed by atoms with Crippen LogP contribution in [0.4, 0.5) is 5.69 Å². The van der Waals surface area contributed by atoms with Gasteiger partial charge in [0.2, 0.25) is 10.0 Å². The molecule has 2 fully saturated rings. The molecule has 0 aliphatic heterocycles. The molecular formula is C15H21NO2S. The molecular weight excluding hydrogens is 258 g/mol. The summed E-state index contributed by atoms with van der Waals surface area (Å²) in [6, 6.07) is 9.55. The largest absolute Gasteiger partial charge is 0.270 e. The highest BCUT2D eigenvalue weighted by atomic mass is 32.2. The highest BCUT2D eigenvalue weighted by Gasteiger charge is 2.41. The first kappa shape index (κ1) is 13.0. The van der Waals surface area contributed by atoms with Crippen molar-refractivity contribution >= 4 is 15.7 Å². The quantitative estimate of drug-likeness (QED) is 0.802. The first-order valence-electron chi connectivity index (χ1n) is 7.15. The van der Waals surface area contributed by atoms with E-state index in [0.717, 1.165) is 24.4 Å². The Bertz CT molecular complexity index is 533. The number of benzene rings is 1. The van der Waals surface area contributed by atoms with E-state index in [1.165, 1.54) is 12.8 Å². The van der Waals surface area contributed by atoms with Gasteiger partial charge >= 0.3 is 0 Å². The molecule has 104 valence electrons. The number of hydrogen-bond acceptors (Lipinski definition) is 2. The third-order valence-corrected chi connectivity index (χ3v) is 6.47. The molecule has 2 aliphatic rings. The molecule has 2 aliphatic carbocycles. The van der Waals surface area contributed by atoms with Gasteiger partial charge in [0.15, 0.2) is 0 Å². The highest BCUT2D eigenvalue weighted by molar-refractivity contribution is 7.93. The first-order chi connectivity index (χ1) is 9.09. The van der Waals surface area contributed by atoms with Gasteiger partial charge in [-0.1, -0.05) is 25.1 Å². The second kappa shape index (κ2) is 4.82. The van der Waals surface area contributed by atoms with Crippen molar-refractivity contribution in [2.45, 2.75) is 37.9 Å². The molecule has 2 saturated carbocycles. The lowest BCUT2D eigenvalue weighted by Gasteiger charge is -2.27. The Morgan fingerprint density at radius 1 is 1.16 bits per heavy atom. The Kier molecular flexibility index (Phi) is 3.29. The summed E-state index contributed by atoms with van der Waals surface area (Å²) in [7, 11) is -3.15. The van der Waals surface area contributed by atoms with Crippen LogP contribution >= 0.6 is 0 Å². The molecule has 1 atom stereocenters. The molecule has 0 amide bonds. The van der Waals surface area contributed by atoms with Crippen molar-refractivity contribution < 1.29 is 8.42 Å². The molecule has 3 nitrogen and oxygen atoms in total. The molecule has 3 rings (SSSR count). The van der Waals surface area contributed by atoms with Crippen LogP contribution in [0.5, 0.6) is 0 Å². The number of para-hydroxylation sites is 1. The van der Waals surface area contributed by atoms with Gasteiger partial charge in [-0.2, -0.15) is 0 Å². The first-order valence-corrected chi connectivity index (χ1v) is 8.66. The Balaban J connectivity index is 1.86. The maximum absolute atomic E-state index is 12.6. The van der Waals surface area contributed by atoms with Crippen LogP contribution < -0.4 is 4.31 Å². The minimum absolute atomic E-state index is 0.140. The smallest absolute Gasteiger partial charge is 0.238 e. The van der Waals surface area contributed by atoms with E-state index in [0.29, 0.717) is 12.5 Å². The maximum atomic E-state index is 12.6. The maximum Gasteiger partial charge on any atom is 0.238 e. The van der Waals surface area contributed by atoms with Gasteiger partial charge in [-0.05, 0) is 49.7 Å². The predicted octanol–water partition coefficient (Wildman–Crippen LogP) is 3.03. The third-order valence-electron chi connectivity index (χ3n) is 4.18. The van der Waals surface area contributed by atoms with Crippen LogP contribution in [0.25, 0.3) is 0 Å². The predicted molar refractivity (Wildman–Crippen MR) is 77.6 cm³/mol. The average molecular weight is 279 g/mol. The van der Waals surface area contributed by atoms with Crippen molar-refractivity contribution in [3.8, 4) is 0 Å². The Labute approximate surface area is 115 Å². The lowest BCUT2D eigenvalue weighted by Crippen LogP contribution is -2.37. The van der Waals surface area contributed by atoms with Crippen molar-refractivity contribution in [3.05, 3.63) is 30.3 Å². The molecule has 19 heavy (non-hydrogen) atoms. The summed E-state index contributed by atoms with van der Waals surface area (Å²) in [5.41, 5.74) is 0.821. The van der Waals surface area contributed by atoms with Crippen LogP contribution in [-0.2, 0) is 10.0 Å². The summed E-state index contributed by atoms with van der Waals surface area (Å²) in [6.07, 6.45) is 4.16. The third kappa shape index (κ3) is 2.78. The number of sulfonamides is 1. The summed E-state index contributed by atoms with van der Waals surface area (Å²) < 4.78 is 26.9. The zero-order chi connectivity index (χ0) is 13.5. The van der Waals surface area contributed by atoms with Crippen molar-refractivity contribution in [2.75, 3.05) is 10.8 Å². The molecule has 0 N–H and O–H groups in total. The van der Waals surface area contributed by atoms with Crippen LogP contribution in [0.2, 0.25) is 0 Å². The Morgan fingerprint density at radius 2 is 1.79 bits per heavy atom. The normalized spacial score (nSPS) is 21.1. The van der Waals surface area contributed by atoms with E-state index < -0.39 is 10.0 Å². The van der Waals surface area contributed by atoms with Crippen molar-refractivity contribution in [1.82, 2.24) is 0 Å².